The summed E-state index contributed by atoms with van der Waals surface area (Å²) in [4.78, 5) is 2.39. The third-order valence-corrected chi connectivity index (χ3v) is 3.94. The van der Waals surface area contributed by atoms with Gasteiger partial charge in [0.25, 0.3) is 0 Å². The highest BCUT2D eigenvalue weighted by Gasteiger charge is 2.32. The molecule has 2 rings (SSSR count). The van der Waals surface area contributed by atoms with Crippen molar-refractivity contribution >= 4 is 0 Å². The lowest BCUT2D eigenvalue weighted by Crippen LogP contribution is -2.26. The van der Waals surface area contributed by atoms with Gasteiger partial charge in [-0.05, 0) is 31.4 Å². The third kappa shape index (κ3) is 3.56. The molecule has 0 amide bonds. The van der Waals surface area contributed by atoms with E-state index in [4.69, 9.17) is 5.26 Å². The highest BCUT2D eigenvalue weighted by Crippen LogP contribution is 2.34. The highest BCUT2D eigenvalue weighted by atomic mass is 15.1. The monoisotopic (exact) mass is 253 g/mol. The molecule has 0 N–H and O–H groups in total. The largest absolute Gasteiger partial charge is 0.299 e. The van der Waals surface area contributed by atoms with Gasteiger partial charge in [-0.1, -0.05) is 30.3 Å². The van der Waals surface area contributed by atoms with Gasteiger partial charge in [0, 0.05) is 13.1 Å². The highest BCUT2D eigenvalue weighted by molar-refractivity contribution is 5.14. The van der Waals surface area contributed by atoms with E-state index in [2.05, 4.69) is 41.3 Å². The molecule has 1 unspecified atom stereocenters. The third-order valence-electron chi connectivity index (χ3n) is 3.94. The van der Waals surface area contributed by atoms with Crippen molar-refractivity contribution in [2.75, 3.05) is 13.1 Å². The maximum Gasteiger partial charge on any atom is 0.0716 e. The van der Waals surface area contributed by atoms with Gasteiger partial charge in [-0.2, -0.15) is 10.5 Å². The molecule has 0 aromatic heterocycles. The van der Waals surface area contributed by atoms with Crippen molar-refractivity contribution in [1.29, 1.82) is 10.5 Å². The van der Waals surface area contributed by atoms with Crippen molar-refractivity contribution in [2.45, 2.75) is 32.2 Å². The van der Waals surface area contributed by atoms with Crippen LogP contribution in [0.4, 0.5) is 0 Å². The quantitative estimate of drug-likeness (QED) is 0.831. The van der Waals surface area contributed by atoms with Crippen molar-refractivity contribution < 1.29 is 0 Å². The van der Waals surface area contributed by atoms with Gasteiger partial charge in [-0.15, -0.1) is 0 Å². The second-order valence-electron chi connectivity index (χ2n) is 5.34. The number of hydrogen-bond acceptors (Lipinski definition) is 3. The van der Waals surface area contributed by atoms with Crippen LogP contribution in [0.3, 0.4) is 0 Å². The fraction of sp³-hybridized carbons (Fsp3) is 0.500. The van der Waals surface area contributed by atoms with Crippen LogP contribution >= 0.6 is 0 Å². The summed E-state index contributed by atoms with van der Waals surface area (Å²) in [5.74, 6) is 0. The van der Waals surface area contributed by atoms with Crippen molar-refractivity contribution in [2.24, 2.45) is 5.41 Å². The van der Waals surface area contributed by atoms with Crippen LogP contribution in [0.1, 0.15) is 31.2 Å². The van der Waals surface area contributed by atoms with Crippen LogP contribution in [0.2, 0.25) is 0 Å². The van der Waals surface area contributed by atoms with Crippen LogP contribution in [-0.2, 0) is 6.54 Å². The Labute approximate surface area is 115 Å². The fourth-order valence-corrected chi connectivity index (χ4v) is 2.73. The smallest absolute Gasteiger partial charge is 0.0716 e. The molecule has 1 fully saturated rings. The average Bonchev–Trinajstić information content (AvgIpc) is 2.64. The van der Waals surface area contributed by atoms with Gasteiger partial charge in [0.15, 0.2) is 0 Å². The molecular formula is C16H19N3. The van der Waals surface area contributed by atoms with Crippen molar-refractivity contribution in [1.82, 2.24) is 4.90 Å². The van der Waals surface area contributed by atoms with Gasteiger partial charge in [0.1, 0.15) is 0 Å². The maximum atomic E-state index is 9.35. The standard InChI is InChI=1S/C16H19N3/c17-10-8-16(14-18)7-4-11-19(12-9-16)13-15-5-2-1-3-6-15/h1-3,5-6H,4,7-9,11-13H2. The molecule has 0 saturated carbocycles. The van der Waals surface area contributed by atoms with E-state index < -0.39 is 5.41 Å². The van der Waals surface area contributed by atoms with E-state index in [0.29, 0.717) is 6.42 Å². The summed E-state index contributed by atoms with van der Waals surface area (Å²) in [7, 11) is 0. The van der Waals surface area contributed by atoms with Crippen LogP contribution in [0.15, 0.2) is 30.3 Å². The predicted molar refractivity (Wildman–Crippen MR) is 73.8 cm³/mol. The average molecular weight is 253 g/mol. The lowest BCUT2D eigenvalue weighted by molar-refractivity contribution is 0.263. The predicted octanol–water partition coefficient (Wildman–Crippen LogP) is 3.10. The Morgan fingerprint density at radius 1 is 1.11 bits per heavy atom. The summed E-state index contributed by atoms with van der Waals surface area (Å²) in [6, 6.07) is 15.0. The van der Waals surface area contributed by atoms with E-state index in [9.17, 15) is 5.26 Å². The SMILES string of the molecule is N#CCC1(C#N)CCCN(Cc2ccccc2)CC1. The summed E-state index contributed by atoms with van der Waals surface area (Å²) in [5, 5.41) is 18.2. The summed E-state index contributed by atoms with van der Waals surface area (Å²) in [5.41, 5.74) is 0.896. The minimum atomic E-state index is -0.416. The lowest BCUT2D eigenvalue weighted by Gasteiger charge is -2.22. The number of hydrogen-bond donors (Lipinski definition) is 0. The van der Waals surface area contributed by atoms with Gasteiger partial charge in [0.05, 0.1) is 24.0 Å². The van der Waals surface area contributed by atoms with Gasteiger partial charge >= 0.3 is 0 Å². The Morgan fingerprint density at radius 2 is 1.89 bits per heavy atom. The minimum absolute atomic E-state index is 0.364. The molecular weight excluding hydrogens is 234 g/mol. The molecule has 0 bridgehead atoms. The van der Waals surface area contributed by atoms with Crippen LogP contribution in [0, 0.1) is 28.1 Å². The van der Waals surface area contributed by atoms with Gasteiger partial charge in [0.2, 0.25) is 0 Å². The van der Waals surface area contributed by atoms with Crippen molar-refractivity contribution in [3.8, 4) is 12.1 Å². The van der Waals surface area contributed by atoms with Gasteiger partial charge in [-0.25, -0.2) is 0 Å². The Bertz CT molecular complexity index is 483. The molecule has 19 heavy (non-hydrogen) atoms. The molecule has 0 aliphatic carbocycles. The summed E-state index contributed by atoms with van der Waals surface area (Å²) >= 11 is 0. The van der Waals surface area contributed by atoms with E-state index in [1.807, 2.05) is 6.07 Å². The molecule has 1 atom stereocenters. The van der Waals surface area contributed by atoms with Crippen LogP contribution < -0.4 is 0 Å². The molecule has 1 heterocycles. The summed E-state index contributed by atoms with van der Waals surface area (Å²) < 4.78 is 0. The van der Waals surface area contributed by atoms with Crippen LogP contribution in [0.5, 0.6) is 0 Å². The zero-order valence-electron chi connectivity index (χ0n) is 11.2. The number of nitrogens with zero attached hydrogens (tertiary/aromatic N) is 3. The maximum absolute atomic E-state index is 9.35. The van der Waals surface area contributed by atoms with E-state index in [0.717, 1.165) is 38.9 Å². The second-order valence-corrected chi connectivity index (χ2v) is 5.34. The van der Waals surface area contributed by atoms with Crippen LogP contribution in [-0.4, -0.2) is 18.0 Å². The van der Waals surface area contributed by atoms with E-state index >= 15 is 0 Å². The van der Waals surface area contributed by atoms with E-state index in [1.165, 1.54) is 5.56 Å². The Balaban J connectivity index is 1.97. The zero-order chi connectivity index (χ0) is 13.6. The zero-order valence-corrected chi connectivity index (χ0v) is 11.2. The topological polar surface area (TPSA) is 50.8 Å². The molecule has 0 spiro atoms. The number of likely N-dealkylation sites (tertiary alicyclic amines) is 1. The molecule has 98 valence electrons. The van der Waals surface area contributed by atoms with E-state index in [1.54, 1.807) is 0 Å². The molecule has 1 aliphatic heterocycles. The molecule has 3 heteroatoms. The Morgan fingerprint density at radius 3 is 2.58 bits per heavy atom. The first-order chi connectivity index (χ1) is 9.28. The first-order valence-corrected chi connectivity index (χ1v) is 6.82. The normalized spacial score (nSPS) is 24.1. The second kappa shape index (κ2) is 6.36. The Kier molecular flexibility index (Phi) is 4.55. The van der Waals surface area contributed by atoms with Crippen molar-refractivity contribution in [3.05, 3.63) is 35.9 Å². The van der Waals surface area contributed by atoms with Gasteiger partial charge in [-0.3, -0.25) is 4.90 Å². The van der Waals surface area contributed by atoms with Gasteiger partial charge < -0.3 is 0 Å². The minimum Gasteiger partial charge on any atom is -0.299 e. The molecule has 1 aromatic carbocycles. The number of rotatable bonds is 3. The number of nitriles is 2. The molecule has 3 nitrogen and oxygen atoms in total. The Hall–Kier alpha value is -1.84. The first kappa shape index (κ1) is 13.6. The fourth-order valence-electron chi connectivity index (χ4n) is 2.73. The lowest BCUT2D eigenvalue weighted by atomic mass is 9.80. The van der Waals surface area contributed by atoms with Crippen molar-refractivity contribution in [3.63, 3.8) is 0 Å². The first-order valence-electron chi connectivity index (χ1n) is 6.82. The molecule has 1 aromatic rings. The molecule has 1 aliphatic rings. The summed E-state index contributed by atoms with van der Waals surface area (Å²) in [6.07, 6.45) is 3.02. The summed E-state index contributed by atoms with van der Waals surface area (Å²) in [6.45, 7) is 2.86. The molecule has 1 saturated heterocycles. The van der Waals surface area contributed by atoms with E-state index in [-0.39, 0.29) is 0 Å². The number of benzene rings is 1. The van der Waals surface area contributed by atoms with Crippen LogP contribution in [0.25, 0.3) is 0 Å². The molecule has 0 radical (unpaired) electrons.